The molecule has 0 aromatic rings. The molecule has 0 aliphatic rings. The Morgan fingerprint density at radius 1 is 0.292 bits per heavy atom. The number of rotatable bonds is 51. The Labute approximate surface area is 443 Å². The van der Waals surface area contributed by atoms with Gasteiger partial charge in [-0.3, -0.25) is 14.4 Å². The molecule has 0 spiro atoms. The normalized spacial score (nSPS) is 13.1. The Morgan fingerprint density at radius 3 is 0.875 bits per heavy atom. The van der Waals surface area contributed by atoms with Gasteiger partial charge in [-0.05, 0) is 135 Å². The molecule has 0 amide bonds. The molecule has 1 atom stereocenters. The molecule has 0 fully saturated rings. The maximum Gasteiger partial charge on any atom is 0.306 e. The van der Waals surface area contributed by atoms with Crippen LogP contribution in [0, 0.1) is 0 Å². The molecule has 0 heterocycles. The van der Waals surface area contributed by atoms with E-state index in [0.29, 0.717) is 25.7 Å². The standard InChI is InChI=1S/C66H106O6/c1-4-7-10-13-16-19-22-25-28-30-31-32-33-34-35-36-39-41-44-47-50-53-56-59-65(68)71-62-63(61-70-64(67)58-55-52-49-46-43-40-37-27-24-21-18-15-12-9-6-3)72-66(69)60-57-54-51-48-45-42-38-29-26-23-20-17-14-11-8-5-2/h7,9-10,12,16,18-21,23,25,27-29,31-32,34-35,37-38,43,46,63H,4-6,8,11,13-15,17,22,24,26,30,33,36,39-42,44-45,47-62H2,1-3H3/b10-7-,12-9-,19-16-,21-18-,23-20-,28-25-,32-31-,35-34-,37-27-,38-29-,46-43-. The van der Waals surface area contributed by atoms with E-state index in [9.17, 15) is 14.4 Å². The highest BCUT2D eigenvalue weighted by molar-refractivity contribution is 5.71. The summed E-state index contributed by atoms with van der Waals surface area (Å²) in [5.41, 5.74) is 0. The van der Waals surface area contributed by atoms with Gasteiger partial charge >= 0.3 is 17.9 Å². The Hall–Kier alpha value is -4.45. The first-order valence-corrected chi connectivity index (χ1v) is 29.2. The summed E-state index contributed by atoms with van der Waals surface area (Å²) in [5, 5.41) is 0. The summed E-state index contributed by atoms with van der Waals surface area (Å²) in [4.78, 5) is 38.2. The highest BCUT2D eigenvalue weighted by Crippen LogP contribution is 2.13. The molecule has 0 aliphatic carbocycles. The average Bonchev–Trinajstić information content (AvgIpc) is 3.38. The van der Waals surface area contributed by atoms with Crippen molar-refractivity contribution in [3.8, 4) is 0 Å². The number of carbonyl (C=O) groups excluding carboxylic acids is 3. The molecule has 0 N–H and O–H groups in total. The number of esters is 3. The number of carbonyl (C=O) groups is 3. The van der Waals surface area contributed by atoms with Gasteiger partial charge < -0.3 is 14.2 Å². The van der Waals surface area contributed by atoms with Crippen LogP contribution in [0.3, 0.4) is 0 Å². The molecule has 406 valence electrons. The van der Waals surface area contributed by atoms with Crippen molar-refractivity contribution in [2.75, 3.05) is 13.2 Å². The molecule has 0 aromatic heterocycles. The van der Waals surface area contributed by atoms with Crippen molar-refractivity contribution in [2.45, 2.75) is 252 Å². The zero-order chi connectivity index (χ0) is 52.2. The third-order valence-electron chi connectivity index (χ3n) is 11.9. The van der Waals surface area contributed by atoms with Gasteiger partial charge in [-0.1, -0.05) is 225 Å². The van der Waals surface area contributed by atoms with Crippen LogP contribution in [-0.2, 0) is 28.6 Å². The fourth-order valence-electron chi connectivity index (χ4n) is 7.55. The summed E-state index contributed by atoms with van der Waals surface area (Å²) in [6.07, 6.45) is 83.0. The van der Waals surface area contributed by atoms with E-state index in [4.69, 9.17) is 14.2 Å². The Morgan fingerprint density at radius 2 is 0.542 bits per heavy atom. The van der Waals surface area contributed by atoms with Crippen LogP contribution in [0.1, 0.15) is 245 Å². The first-order chi connectivity index (χ1) is 35.5. The fraction of sp³-hybridized carbons (Fsp3) is 0.621. The summed E-state index contributed by atoms with van der Waals surface area (Å²) in [7, 11) is 0. The molecule has 0 bridgehead atoms. The maximum atomic E-state index is 12.9. The van der Waals surface area contributed by atoms with Crippen LogP contribution in [0.2, 0.25) is 0 Å². The van der Waals surface area contributed by atoms with Crippen LogP contribution in [-0.4, -0.2) is 37.2 Å². The minimum Gasteiger partial charge on any atom is -0.462 e. The van der Waals surface area contributed by atoms with E-state index in [1.54, 1.807) is 0 Å². The Kier molecular flexibility index (Phi) is 55.5. The van der Waals surface area contributed by atoms with Gasteiger partial charge in [0.05, 0.1) is 0 Å². The second-order valence-electron chi connectivity index (χ2n) is 18.8. The molecule has 0 radical (unpaired) electrons. The summed E-state index contributed by atoms with van der Waals surface area (Å²) >= 11 is 0. The molecule has 6 heteroatoms. The van der Waals surface area contributed by atoms with E-state index in [2.05, 4.69) is 154 Å². The van der Waals surface area contributed by atoms with Crippen LogP contribution in [0.25, 0.3) is 0 Å². The largest absolute Gasteiger partial charge is 0.462 e. The Balaban J connectivity index is 4.47. The molecule has 0 aromatic carbocycles. The van der Waals surface area contributed by atoms with Crippen molar-refractivity contribution in [3.63, 3.8) is 0 Å². The third-order valence-corrected chi connectivity index (χ3v) is 11.9. The van der Waals surface area contributed by atoms with E-state index in [1.807, 2.05) is 0 Å². The SMILES string of the molecule is CC/C=C\C/C=C\C/C=C\C/C=C\C/C=C\CCCCCCCCCC(=O)OCC(COC(=O)CCCC/C=C\C/C=C\C/C=C\C/C=C\CC)OC(=O)CCCCCCC/C=C\C/C=C\CCCCCC. The van der Waals surface area contributed by atoms with Crippen molar-refractivity contribution in [2.24, 2.45) is 0 Å². The lowest BCUT2D eigenvalue weighted by Gasteiger charge is -2.18. The zero-order valence-electron chi connectivity index (χ0n) is 46.4. The molecule has 6 nitrogen and oxygen atoms in total. The molecule has 72 heavy (non-hydrogen) atoms. The van der Waals surface area contributed by atoms with E-state index in [-0.39, 0.29) is 31.1 Å². The van der Waals surface area contributed by atoms with Crippen molar-refractivity contribution in [3.05, 3.63) is 134 Å². The number of ether oxygens (including phenoxy) is 3. The van der Waals surface area contributed by atoms with Crippen LogP contribution >= 0.6 is 0 Å². The van der Waals surface area contributed by atoms with Gasteiger partial charge in [0.1, 0.15) is 13.2 Å². The molecule has 0 saturated heterocycles. The monoisotopic (exact) mass is 995 g/mol. The molecular weight excluding hydrogens is 889 g/mol. The summed E-state index contributed by atoms with van der Waals surface area (Å²) in [6, 6.07) is 0. The van der Waals surface area contributed by atoms with Crippen LogP contribution in [0.15, 0.2) is 134 Å². The van der Waals surface area contributed by atoms with Gasteiger partial charge in [-0.2, -0.15) is 0 Å². The highest BCUT2D eigenvalue weighted by Gasteiger charge is 2.19. The molecule has 0 saturated carbocycles. The Bertz CT molecular complexity index is 1560. The summed E-state index contributed by atoms with van der Waals surface area (Å²) in [5.74, 6) is -0.977. The smallest absolute Gasteiger partial charge is 0.306 e. The minimum absolute atomic E-state index is 0.107. The van der Waals surface area contributed by atoms with Gasteiger partial charge in [-0.25, -0.2) is 0 Å². The third kappa shape index (κ3) is 56.5. The lowest BCUT2D eigenvalue weighted by atomic mass is 10.1. The number of hydrogen-bond acceptors (Lipinski definition) is 6. The van der Waals surface area contributed by atoms with Gasteiger partial charge in [0.15, 0.2) is 6.10 Å². The molecule has 0 aliphatic heterocycles. The minimum atomic E-state index is -0.813. The fourth-order valence-corrected chi connectivity index (χ4v) is 7.55. The van der Waals surface area contributed by atoms with Gasteiger partial charge in [0, 0.05) is 19.3 Å². The predicted molar refractivity (Wildman–Crippen MR) is 311 cm³/mol. The van der Waals surface area contributed by atoms with Crippen LogP contribution in [0.5, 0.6) is 0 Å². The zero-order valence-corrected chi connectivity index (χ0v) is 46.4. The summed E-state index contributed by atoms with van der Waals surface area (Å²) in [6.45, 7) is 6.33. The highest BCUT2D eigenvalue weighted by atomic mass is 16.6. The summed E-state index contributed by atoms with van der Waals surface area (Å²) < 4.78 is 16.8. The van der Waals surface area contributed by atoms with E-state index in [1.165, 1.54) is 57.8 Å². The molecule has 1 unspecified atom stereocenters. The average molecular weight is 996 g/mol. The van der Waals surface area contributed by atoms with Crippen molar-refractivity contribution in [1.82, 2.24) is 0 Å². The number of allylic oxidation sites excluding steroid dienone is 22. The number of hydrogen-bond donors (Lipinski definition) is 0. The number of unbranched alkanes of at least 4 members (excludes halogenated alkanes) is 18. The van der Waals surface area contributed by atoms with E-state index in [0.717, 1.165) is 141 Å². The lowest BCUT2D eigenvalue weighted by molar-refractivity contribution is -0.167. The van der Waals surface area contributed by atoms with Crippen molar-refractivity contribution in [1.29, 1.82) is 0 Å². The van der Waals surface area contributed by atoms with E-state index >= 15 is 0 Å². The van der Waals surface area contributed by atoms with Gasteiger partial charge in [0.25, 0.3) is 0 Å². The quantitative estimate of drug-likeness (QED) is 0.0261. The van der Waals surface area contributed by atoms with Gasteiger partial charge in [-0.15, -0.1) is 0 Å². The first kappa shape index (κ1) is 67.5. The first-order valence-electron chi connectivity index (χ1n) is 29.2. The van der Waals surface area contributed by atoms with Crippen LogP contribution in [0.4, 0.5) is 0 Å². The van der Waals surface area contributed by atoms with Crippen molar-refractivity contribution >= 4 is 17.9 Å². The van der Waals surface area contributed by atoms with Crippen LogP contribution < -0.4 is 0 Å². The second-order valence-corrected chi connectivity index (χ2v) is 18.8. The molecule has 0 rings (SSSR count). The molecular formula is C66H106O6. The second kappa shape index (κ2) is 59.1. The van der Waals surface area contributed by atoms with E-state index < -0.39 is 6.10 Å². The maximum absolute atomic E-state index is 12.9. The van der Waals surface area contributed by atoms with Crippen molar-refractivity contribution < 1.29 is 28.6 Å². The topological polar surface area (TPSA) is 78.9 Å². The predicted octanol–water partition coefficient (Wildman–Crippen LogP) is 19.8. The van der Waals surface area contributed by atoms with Gasteiger partial charge in [0.2, 0.25) is 0 Å². The lowest BCUT2D eigenvalue weighted by Crippen LogP contribution is -2.30.